The lowest BCUT2D eigenvalue weighted by molar-refractivity contribution is 0.0990. The lowest BCUT2D eigenvalue weighted by atomic mass is 10.0. The van der Waals surface area contributed by atoms with Gasteiger partial charge in [-0.1, -0.05) is 6.92 Å². The molecule has 0 unspecified atom stereocenters. The average Bonchev–Trinajstić information content (AvgIpc) is 2.97. The molecule has 0 atom stereocenters. The van der Waals surface area contributed by atoms with E-state index in [-0.39, 0.29) is 11.6 Å². The highest BCUT2D eigenvalue weighted by Gasteiger charge is 2.22. The predicted octanol–water partition coefficient (Wildman–Crippen LogP) is 3.44. The first-order valence-electron chi connectivity index (χ1n) is 8.39. The number of nitrogens with zero attached hydrogens (tertiary/aromatic N) is 3. The summed E-state index contributed by atoms with van der Waals surface area (Å²) in [6, 6.07) is 7.52. The summed E-state index contributed by atoms with van der Waals surface area (Å²) in [6.45, 7) is 3.54. The fourth-order valence-electron chi connectivity index (χ4n) is 2.95. The minimum atomic E-state index is -3.44. The van der Waals surface area contributed by atoms with E-state index in [0.717, 1.165) is 6.26 Å². The van der Waals surface area contributed by atoms with Crippen LogP contribution in [0.15, 0.2) is 36.5 Å². The molecule has 0 radical (unpaired) electrons. The summed E-state index contributed by atoms with van der Waals surface area (Å²) in [4.78, 5) is 12.6. The zero-order valence-corrected chi connectivity index (χ0v) is 16.3. The molecular formula is C19H20FN3O3S. The number of benzene rings is 1. The minimum Gasteiger partial charge on any atom is -0.294 e. The van der Waals surface area contributed by atoms with Crippen LogP contribution in [0.2, 0.25) is 0 Å². The second-order valence-electron chi connectivity index (χ2n) is 6.41. The van der Waals surface area contributed by atoms with Crippen molar-refractivity contribution in [2.75, 3.05) is 17.6 Å². The quantitative estimate of drug-likeness (QED) is 0.627. The number of fused-ring (bicyclic) bond motifs is 1. The molecule has 3 rings (SSSR count). The molecule has 2 heterocycles. The Hall–Kier alpha value is -2.74. The van der Waals surface area contributed by atoms with Crippen LogP contribution in [0.1, 0.15) is 29.3 Å². The third-order valence-corrected chi connectivity index (χ3v) is 5.70. The average molecular weight is 389 g/mol. The second-order valence-corrected chi connectivity index (χ2v) is 8.42. The van der Waals surface area contributed by atoms with Gasteiger partial charge >= 0.3 is 0 Å². The highest BCUT2D eigenvalue weighted by atomic mass is 32.2. The number of anilines is 1. The number of hydrogen-bond acceptors (Lipinski definition) is 4. The molecule has 0 bridgehead atoms. The fraction of sp³-hybridized carbons (Fsp3) is 0.263. The van der Waals surface area contributed by atoms with Gasteiger partial charge in [-0.05, 0) is 42.8 Å². The van der Waals surface area contributed by atoms with Crippen molar-refractivity contribution in [3.63, 3.8) is 0 Å². The van der Waals surface area contributed by atoms with Crippen molar-refractivity contribution >= 4 is 27.0 Å². The van der Waals surface area contributed by atoms with Gasteiger partial charge in [0.05, 0.1) is 29.2 Å². The number of carbonyl (C=O) groups is 1. The van der Waals surface area contributed by atoms with Gasteiger partial charge < -0.3 is 0 Å². The molecule has 0 N–H and O–H groups in total. The van der Waals surface area contributed by atoms with Crippen molar-refractivity contribution in [2.45, 2.75) is 20.3 Å². The normalized spacial score (nSPS) is 11.7. The molecule has 0 aliphatic rings. The first kappa shape index (κ1) is 19.0. The van der Waals surface area contributed by atoms with Gasteiger partial charge in [0, 0.05) is 19.0 Å². The maximum Gasteiger partial charge on any atom is 0.232 e. The van der Waals surface area contributed by atoms with Gasteiger partial charge in [-0.2, -0.15) is 5.10 Å². The summed E-state index contributed by atoms with van der Waals surface area (Å²) in [5.74, 6) is -0.466. The van der Waals surface area contributed by atoms with Crippen molar-refractivity contribution in [1.29, 1.82) is 0 Å². The van der Waals surface area contributed by atoms with Crippen LogP contribution in [0, 0.1) is 12.7 Å². The molecule has 0 spiro atoms. The molecule has 3 aromatic rings. The Morgan fingerprint density at radius 3 is 2.44 bits per heavy atom. The van der Waals surface area contributed by atoms with E-state index in [1.807, 2.05) is 0 Å². The number of rotatable bonds is 5. The van der Waals surface area contributed by atoms with Gasteiger partial charge in [0.25, 0.3) is 0 Å². The molecule has 0 fully saturated rings. The predicted molar refractivity (Wildman–Crippen MR) is 103 cm³/mol. The Bertz CT molecular complexity index is 1140. The Balaban J connectivity index is 2.30. The number of aryl methyl sites for hydroxylation is 1. The zero-order valence-electron chi connectivity index (χ0n) is 15.5. The van der Waals surface area contributed by atoms with E-state index in [1.54, 1.807) is 38.2 Å². The molecule has 0 amide bonds. The van der Waals surface area contributed by atoms with E-state index >= 15 is 0 Å². The van der Waals surface area contributed by atoms with Crippen molar-refractivity contribution < 1.29 is 17.6 Å². The van der Waals surface area contributed by atoms with Crippen LogP contribution in [0.3, 0.4) is 0 Å². The topological polar surface area (TPSA) is 71.8 Å². The molecule has 0 aliphatic heterocycles. The summed E-state index contributed by atoms with van der Waals surface area (Å²) in [5.41, 5.74) is 3.26. The number of carbonyl (C=O) groups excluding carboxylic acids is 1. The van der Waals surface area contributed by atoms with Crippen LogP contribution in [0.25, 0.3) is 16.8 Å². The molecule has 0 aliphatic carbocycles. The summed E-state index contributed by atoms with van der Waals surface area (Å²) in [7, 11) is -1.98. The minimum absolute atomic E-state index is 0.0899. The van der Waals surface area contributed by atoms with Gasteiger partial charge in [-0.25, -0.2) is 17.3 Å². The third kappa shape index (κ3) is 3.44. The third-order valence-electron chi connectivity index (χ3n) is 4.50. The second kappa shape index (κ2) is 6.77. The molecule has 142 valence electrons. The van der Waals surface area contributed by atoms with E-state index in [4.69, 9.17) is 0 Å². The van der Waals surface area contributed by atoms with E-state index in [2.05, 4.69) is 5.10 Å². The molecule has 8 heteroatoms. The number of sulfonamides is 1. The Morgan fingerprint density at radius 2 is 1.89 bits per heavy atom. The highest BCUT2D eigenvalue weighted by molar-refractivity contribution is 7.92. The first-order chi connectivity index (χ1) is 12.6. The van der Waals surface area contributed by atoms with Crippen LogP contribution in [-0.2, 0) is 10.0 Å². The zero-order chi connectivity index (χ0) is 19.9. The lowest BCUT2D eigenvalue weighted by Gasteiger charge is -2.19. The summed E-state index contributed by atoms with van der Waals surface area (Å²) < 4.78 is 39.8. The van der Waals surface area contributed by atoms with Gasteiger partial charge in [-0.3, -0.25) is 9.10 Å². The van der Waals surface area contributed by atoms with Gasteiger partial charge in [0.2, 0.25) is 10.0 Å². The van der Waals surface area contributed by atoms with Crippen molar-refractivity contribution in [2.24, 2.45) is 0 Å². The lowest BCUT2D eigenvalue weighted by Crippen LogP contribution is -2.26. The Labute approximate surface area is 157 Å². The summed E-state index contributed by atoms with van der Waals surface area (Å²) >= 11 is 0. The fourth-order valence-corrected chi connectivity index (χ4v) is 3.50. The summed E-state index contributed by atoms with van der Waals surface area (Å²) in [6.07, 6.45) is 3.00. The van der Waals surface area contributed by atoms with Crippen molar-refractivity contribution in [3.8, 4) is 11.3 Å². The number of Topliss-reactive ketones (excluding diaryl/α,β-unsaturated/α-hetero) is 1. The number of halogens is 1. The maximum atomic E-state index is 13.3. The van der Waals surface area contributed by atoms with Gasteiger partial charge in [-0.15, -0.1) is 0 Å². The molecule has 0 saturated heterocycles. The standard InChI is InChI=1S/C19H20FN3O3S/c1-5-17(24)18-15-10-12(2)16(22(3)27(4,25)26)11-23(15)21-19(18)13-6-8-14(20)9-7-13/h6-11H,5H2,1-4H3. The van der Waals surface area contributed by atoms with Crippen LogP contribution in [0.4, 0.5) is 10.1 Å². The molecule has 27 heavy (non-hydrogen) atoms. The van der Waals surface area contributed by atoms with E-state index in [9.17, 15) is 17.6 Å². The SMILES string of the molecule is CCC(=O)c1c(-c2ccc(F)cc2)nn2cc(N(C)S(C)(=O)=O)c(C)cc12. The van der Waals surface area contributed by atoms with Crippen LogP contribution in [-0.4, -0.2) is 37.1 Å². The molecular weight excluding hydrogens is 369 g/mol. The van der Waals surface area contributed by atoms with Crippen molar-refractivity contribution in [3.05, 3.63) is 53.5 Å². The number of aromatic nitrogens is 2. The van der Waals surface area contributed by atoms with Gasteiger partial charge in [0.1, 0.15) is 11.5 Å². The monoisotopic (exact) mass is 389 g/mol. The maximum absolute atomic E-state index is 13.3. The summed E-state index contributed by atoms with van der Waals surface area (Å²) in [5, 5.41) is 4.50. The molecule has 6 nitrogen and oxygen atoms in total. The van der Waals surface area contributed by atoms with E-state index in [0.29, 0.717) is 40.0 Å². The van der Waals surface area contributed by atoms with Gasteiger partial charge in [0.15, 0.2) is 5.78 Å². The largest absolute Gasteiger partial charge is 0.294 e. The number of pyridine rings is 1. The Kier molecular flexibility index (Phi) is 4.77. The van der Waals surface area contributed by atoms with Crippen molar-refractivity contribution in [1.82, 2.24) is 9.61 Å². The molecule has 0 saturated carbocycles. The van der Waals surface area contributed by atoms with E-state index < -0.39 is 10.0 Å². The first-order valence-corrected chi connectivity index (χ1v) is 10.2. The van der Waals surface area contributed by atoms with E-state index in [1.165, 1.54) is 28.0 Å². The van der Waals surface area contributed by atoms with Crippen LogP contribution < -0.4 is 4.31 Å². The smallest absolute Gasteiger partial charge is 0.232 e. The molecule has 1 aromatic carbocycles. The number of ketones is 1. The highest BCUT2D eigenvalue weighted by Crippen LogP contribution is 2.31. The molecule has 2 aromatic heterocycles. The number of hydrogen-bond donors (Lipinski definition) is 0. The Morgan fingerprint density at radius 1 is 1.26 bits per heavy atom. The van der Waals surface area contributed by atoms with Crippen LogP contribution >= 0.6 is 0 Å². The van der Waals surface area contributed by atoms with Crippen LogP contribution in [0.5, 0.6) is 0 Å².